The van der Waals surface area contributed by atoms with E-state index in [1.807, 2.05) is 61.8 Å². The van der Waals surface area contributed by atoms with Crippen molar-refractivity contribution in [3.05, 3.63) is 71.6 Å². The van der Waals surface area contributed by atoms with Crippen molar-refractivity contribution in [2.24, 2.45) is 12.0 Å². The first-order valence-electron chi connectivity index (χ1n) is 8.99. The molecule has 7 heteroatoms. The Labute approximate surface area is 162 Å². The Hall–Kier alpha value is -3.45. The second kappa shape index (κ2) is 7.28. The Balaban J connectivity index is 1.61. The molecule has 1 amide bonds. The number of benzene rings is 2. The first kappa shape index (κ1) is 17.9. The molecule has 1 aliphatic heterocycles. The Morgan fingerprint density at radius 3 is 2.71 bits per heavy atom. The molecule has 2 N–H and O–H groups in total. The van der Waals surface area contributed by atoms with Crippen LogP contribution in [0.2, 0.25) is 0 Å². The smallest absolute Gasteiger partial charge is 0.279 e. The van der Waals surface area contributed by atoms with Crippen molar-refractivity contribution in [3.63, 3.8) is 0 Å². The van der Waals surface area contributed by atoms with Crippen molar-refractivity contribution >= 4 is 28.8 Å². The average Bonchev–Trinajstić information content (AvgIpc) is 3.20. The molecule has 142 valence electrons. The lowest BCUT2D eigenvalue weighted by Gasteiger charge is -2.20. The van der Waals surface area contributed by atoms with Crippen molar-refractivity contribution in [2.75, 3.05) is 13.7 Å². The topological polar surface area (TPSA) is 82.8 Å². The highest BCUT2D eigenvalue weighted by Gasteiger charge is 2.28. The third-order valence-electron chi connectivity index (χ3n) is 4.70. The summed E-state index contributed by atoms with van der Waals surface area (Å²) in [5.41, 5.74) is 3.05. The minimum Gasteiger partial charge on any atom is -0.394 e. The number of hydrogen-bond donors (Lipinski definition) is 2. The summed E-state index contributed by atoms with van der Waals surface area (Å²) in [6.07, 6.45) is 3.69. The Bertz CT molecular complexity index is 1080. The molecule has 1 aliphatic rings. The zero-order chi connectivity index (χ0) is 19.7. The number of hydrogen-bond acceptors (Lipinski definition) is 5. The number of nitrogens with zero attached hydrogens (tertiary/aromatic N) is 4. The standard InChI is InChI=1S/C21H21N5O2/c1-25-12-16-10-14(8-9-17(16)24-25)11-18-20(28)26(2)21(22-18)23-19(13-27)15-6-4-3-5-7-15/h3-12,19,27H,13H2,1-2H3,(H,22,23)/b18-11-. The SMILES string of the molecule is CN1C(=O)/C(=C/c2ccc3nn(C)cc3c2)N=C1NC(CO)c1ccccc1. The van der Waals surface area contributed by atoms with Crippen molar-refractivity contribution in [2.45, 2.75) is 6.04 Å². The molecule has 2 aromatic carbocycles. The van der Waals surface area contributed by atoms with Gasteiger partial charge in [0.25, 0.3) is 5.91 Å². The molecule has 1 aromatic heterocycles. The Morgan fingerprint density at radius 1 is 1.18 bits per heavy atom. The van der Waals surface area contributed by atoms with E-state index in [1.54, 1.807) is 17.8 Å². The predicted octanol–water partition coefficient (Wildman–Crippen LogP) is 2.07. The minimum atomic E-state index is -0.346. The average molecular weight is 375 g/mol. The molecule has 0 radical (unpaired) electrons. The number of aliphatic hydroxyl groups is 1. The molecule has 4 rings (SSSR count). The van der Waals surface area contributed by atoms with Gasteiger partial charge in [-0.3, -0.25) is 14.4 Å². The number of guanidine groups is 1. The Kier molecular flexibility index (Phi) is 4.67. The lowest BCUT2D eigenvalue weighted by molar-refractivity contribution is -0.121. The van der Waals surface area contributed by atoms with E-state index in [9.17, 15) is 9.90 Å². The van der Waals surface area contributed by atoms with Crippen molar-refractivity contribution < 1.29 is 9.90 Å². The van der Waals surface area contributed by atoms with Gasteiger partial charge >= 0.3 is 0 Å². The quantitative estimate of drug-likeness (QED) is 0.684. The number of amides is 1. The van der Waals surface area contributed by atoms with E-state index in [4.69, 9.17) is 0 Å². The van der Waals surface area contributed by atoms with Gasteiger partial charge in [-0.05, 0) is 29.3 Å². The molecule has 0 saturated carbocycles. The molecular formula is C21H21N5O2. The van der Waals surface area contributed by atoms with Crippen molar-refractivity contribution in [1.82, 2.24) is 20.0 Å². The van der Waals surface area contributed by atoms with Crippen LogP contribution in [0.15, 0.2) is 65.4 Å². The molecule has 0 aliphatic carbocycles. The maximum Gasteiger partial charge on any atom is 0.279 e. The molecule has 7 nitrogen and oxygen atoms in total. The summed E-state index contributed by atoms with van der Waals surface area (Å²) in [4.78, 5) is 18.5. The van der Waals surface area contributed by atoms with Gasteiger partial charge in [0, 0.05) is 25.7 Å². The zero-order valence-electron chi connectivity index (χ0n) is 15.7. The number of carbonyl (C=O) groups is 1. The van der Waals surface area contributed by atoms with E-state index in [-0.39, 0.29) is 18.6 Å². The van der Waals surface area contributed by atoms with Crippen molar-refractivity contribution in [3.8, 4) is 0 Å². The fourth-order valence-corrected chi connectivity index (χ4v) is 3.22. The summed E-state index contributed by atoms with van der Waals surface area (Å²) in [6, 6.07) is 15.0. The molecule has 0 fully saturated rings. The van der Waals surface area contributed by atoms with Gasteiger partial charge < -0.3 is 10.4 Å². The number of aromatic nitrogens is 2. The van der Waals surface area contributed by atoms with Crippen LogP contribution in [0, 0.1) is 0 Å². The first-order chi connectivity index (χ1) is 13.5. The second-order valence-corrected chi connectivity index (χ2v) is 6.74. The first-order valence-corrected chi connectivity index (χ1v) is 8.99. The second-order valence-electron chi connectivity index (χ2n) is 6.74. The van der Waals surface area contributed by atoms with Crippen LogP contribution < -0.4 is 5.32 Å². The molecule has 1 unspecified atom stereocenters. The fourth-order valence-electron chi connectivity index (χ4n) is 3.22. The van der Waals surface area contributed by atoms with Crippen LogP contribution in [-0.4, -0.2) is 45.3 Å². The summed E-state index contributed by atoms with van der Waals surface area (Å²) >= 11 is 0. The molecule has 0 saturated heterocycles. The normalized spacial score (nSPS) is 16.7. The summed E-state index contributed by atoms with van der Waals surface area (Å²) in [5, 5.41) is 18.3. The van der Waals surface area contributed by atoms with Crippen LogP contribution in [0.1, 0.15) is 17.2 Å². The third kappa shape index (κ3) is 3.39. The Morgan fingerprint density at radius 2 is 1.96 bits per heavy atom. The molecule has 0 bridgehead atoms. The van der Waals surface area contributed by atoms with Gasteiger partial charge in [-0.1, -0.05) is 36.4 Å². The highest BCUT2D eigenvalue weighted by Crippen LogP contribution is 2.21. The van der Waals surface area contributed by atoms with E-state index in [1.165, 1.54) is 4.90 Å². The minimum absolute atomic E-state index is 0.109. The van der Waals surface area contributed by atoms with E-state index < -0.39 is 0 Å². The fraction of sp³-hybridized carbons (Fsp3) is 0.190. The highest BCUT2D eigenvalue weighted by molar-refractivity contribution is 6.13. The van der Waals surface area contributed by atoms with Gasteiger partial charge in [-0.15, -0.1) is 0 Å². The number of aliphatic hydroxyl groups excluding tert-OH is 1. The van der Waals surface area contributed by atoms with Crippen LogP contribution >= 0.6 is 0 Å². The maximum absolute atomic E-state index is 12.6. The number of aliphatic imine (C=N–C) groups is 1. The molecular weight excluding hydrogens is 354 g/mol. The van der Waals surface area contributed by atoms with Crippen LogP contribution in [0.4, 0.5) is 0 Å². The summed E-state index contributed by atoms with van der Waals surface area (Å²) < 4.78 is 1.76. The number of aryl methyl sites for hydroxylation is 1. The number of rotatable bonds is 4. The molecule has 2 heterocycles. The molecule has 28 heavy (non-hydrogen) atoms. The summed E-state index contributed by atoms with van der Waals surface area (Å²) in [6.45, 7) is -0.109. The van der Waals surface area contributed by atoms with Crippen LogP contribution in [0.5, 0.6) is 0 Å². The maximum atomic E-state index is 12.6. The number of carbonyl (C=O) groups excluding carboxylic acids is 1. The van der Waals surface area contributed by atoms with Gasteiger partial charge in [0.2, 0.25) is 5.96 Å². The van der Waals surface area contributed by atoms with Crippen LogP contribution in [0.25, 0.3) is 17.0 Å². The lowest BCUT2D eigenvalue weighted by Crippen LogP contribution is -2.41. The number of nitrogens with one attached hydrogen (secondary N) is 1. The van der Waals surface area contributed by atoms with Gasteiger partial charge in [-0.25, -0.2) is 4.99 Å². The van der Waals surface area contributed by atoms with Gasteiger partial charge in [0.1, 0.15) is 5.70 Å². The summed E-state index contributed by atoms with van der Waals surface area (Å²) in [7, 11) is 3.54. The number of fused-ring (bicyclic) bond motifs is 1. The zero-order valence-corrected chi connectivity index (χ0v) is 15.7. The van der Waals surface area contributed by atoms with Crippen LogP contribution in [-0.2, 0) is 11.8 Å². The van der Waals surface area contributed by atoms with Crippen molar-refractivity contribution in [1.29, 1.82) is 0 Å². The van der Waals surface area contributed by atoms with Gasteiger partial charge in [0.05, 0.1) is 18.2 Å². The molecule has 3 aromatic rings. The monoisotopic (exact) mass is 375 g/mol. The molecule has 1 atom stereocenters. The van der Waals surface area contributed by atoms with E-state index in [0.29, 0.717) is 11.7 Å². The van der Waals surface area contributed by atoms with E-state index in [0.717, 1.165) is 22.0 Å². The van der Waals surface area contributed by atoms with Gasteiger partial charge in [-0.2, -0.15) is 5.10 Å². The lowest BCUT2D eigenvalue weighted by atomic mass is 10.1. The highest BCUT2D eigenvalue weighted by atomic mass is 16.3. The van der Waals surface area contributed by atoms with Crippen LogP contribution in [0.3, 0.4) is 0 Å². The third-order valence-corrected chi connectivity index (χ3v) is 4.70. The summed E-state index contributed by atoms with van der Waals surface area (Å²) in [5.74, 6) is 0.222. The number of likely N-dealkylation sites (N-methyl/N-ethyl adjacent to an activating group) is 1. The van der Waals surface area contributed by atoms with E-state index in [2.05, 4.69) is 15.4 Å². The molecule has 0 spiro atoms. The van der Waals surface area contributed by atoms with Gasteiger partial charge in [0.15, 0.2) is 0 Å². The largest absolute Gasteiger partial charge is 0.394 e. The predicted molar refractivity (Wildman–Crippen MR) is 108 cm³/mol. The van der Waals surface area contributed by atoms with E-state index >= 15 is 0 Å².